The molecule has 0 aromatic carbocycles. The van der Waals surface area contributed by atoms with E-state index in [2.05, 4.69) is 29.1 Å². The third-order valence-electron chi connectivity index (χ3n) is 4.32. The Balaban J connectivity index is 1.69. The van der Waals surface area contributed by atoms with Gasteiger partial charge in [-0.3, -0.25) is 4.99 Å². The topological polar surface area (TPSA) is 46.1 Å². The van der Waals surface area contributed by atoms with Gasteiger partial charge in [-0.1, -0.05) is 6.92 Å². The number of likely N-dealkylation sites (tertiary alicyclic amines) is 1. The van der Waals surface area contributed by atoms with E-state index < -0.39 is 0 Å². The second-order valence-corrected chi connectivity index (χ2v) is 6.17. The zero-order chi connectivity index (χ0) is 15.1. The van der Waals surface area contributed by atoms with Crippen molar-refractivity contribution in [3.05, 3.63) is 0 Å². The lowest BCUT2D eigenvalue weighted by Gasteiger charge is -2.34. The lowest BCUT2D eigenvalue weighted by atomic mass is 10.1. The van der Waals surface area contributed by atoms with Crippen LogP contribution in [-0.4, -0.2) is 63.0 Å². The second-order valence-electron chi connectivity index (χ2n) is 6.17. The number of nitrogens with one attached hydrogen (secondary N) is 1. The Hall–Kier alpha value is -0.810. The molecular formula is C16H31N3O2. The summed E-state index contributed by atoms with van der Waals surface area (Å²) >= 11 is 0. The summed E-state index contributed by atoms with van der Waals surface area (Å²) in [4.78, 5) is 7.04. The van der Waals surface area contributed by atoms with Crippen LogP contribution in [0.4, 0.5) is 0 Å². The maximum absolute atomic E-state index is 5.92. The average Bonchev–Trinajstić information content (AvgIpc) is 3.19. The molecule has 2 atom stereocenters. The lowest BCUT2D eigenvalue weighted by Crippen LogP contribution is -2.48. The van der Waals surface area contributed by atoms with E-state index in [4.69, 9.17) is 9.47 Å². The Morgan fingerprint density at radius 1 is 1.29 bits per heavy atom. The summed E-state index contributed by atoms with van der Waals surface area (Å²) < 4.78 is 11.0. The van der Waals surface area contributed by atoms with Gasteiger partial charge < -0.3 is 19.7 Å². The van der Waals surface area contributed by atoms with Crippen molar-refractivity contribution >= 4 is 5.96 Å². The Morgan fingerprint density at radius 2 is 2.00 bits per heavy atom. The van der Waals surface area contributed by atoms with Gasteiger partial charge in [-0.2, -0.15) is 0 Å². The normalized spacial score (nSPS) is 27.0. The maximum atomic E-state index is 5.92. The molecule has 0 spiro atoms. The molecule has 21 heavy (non-hydrogen) atoms. The largest absolute Gasteiger partial charge is 0.385 e. The number of methoxy groups -OCH3 is 1. The van der Waals surface area contributed by atoms with Gasteiger partial charge in [0, 0.05) is 46.0 Å². The number of nitrogens with zero attached hydrogens (tertiary/aromatic N) is 2. The van der Waals surface area contributed by atoms with Crippen LogP contribution < -0.4 is 5.32 Å². The van der Waals surface area contributed by atoms with Crippen LogP contribution in [0.5, 0.6) is 0 Å². The summed E-state index contributed by atoms with van der Waals surface area (Å²) in [6.45, 7) is 8.92. The third-order valence-corrected chi connectivity index (χ3v) is 4.32. The van der Waals surface area contributed by atoms with Gasteiger partial charge in [-0.15, -0.1) is 0 Å². The van der Waals surface area contributed by atoms with Gasteiger partial charge in [-0.05, 0) is 38.5 Å². The zero-order valence-corrected chi connectivity index (χ0v) is 13.8. The number of piperidine rings is 1. The molecule has 0 bridgehead atoms. The molecule has 2 unspecified atom stereocenters. The second kappa shape index (κ2) is 8.59. The van der Waals surface area contributed by atoms with Crippen LogP contribution in [0.1, 0.15) is 39.5 Å². The minimum Gasteiger partial charge on any atom is -0.385 e. The van der Waals surface area contributed by atoms with Crippen molar-refractivity contribution in [2.45, 2.75) is 51.7 Å². The first kappa shape index (κ1) is 16.6. The predicted molar refractivity (Wildman–Crippen MR) is 85.7 cm³/mol. The monoisotopic (exact) mass is 297 g/mol. The van der Waals surface area contributed by atoms with Crippen molar-refractivity contribution < 1.29 is 9.47 Å². The highest BCUT2D eigenvalue weighted by molar-refractivity contribution is 5.80. The molecule has 5 nitrogen and oxygen atoms in total. The van der Waals surface area contributed by atoms with Gasteiger partial charge in [0.1, 0.15) is 0 Å². The van der Waals surface area contributed by atoms with Gasteiger partial charge in [0.25, 0.3) is 0 Å². The van der Waals surface area contributed by atoms with E-state index in [9.17, 15) is 0 Å². The van der Waals surface area contributed by atoms with Crippen LogP contribution in [0.3, 0.4) is 0 Å². The van der Waals surface area contributed by atoms with Crippen LogP contribution in [-0.2, 0) is 9.47 Å². The minimum atomic E-state index is 0.404. The molecule has 0 radical (unpaired) electrons. The van der Waals surface area contributed by atoms with Gasteiger partial charge in [0.2, 0.25) is 0 Å². The van der Waals surface area contributed by atoms with Crippen LogP contribution in [0.2, 0.25) is 0 Å². The van der Waals surface area contributed by atoms with E-state index in [1.165, 1.54) is 6.42 Å². The van der Waals surface area contributed by atoms with Crippen molar-refractivity contribution in [2.75, 3.05) is 40.0 Å². The smallest absolute Gasteiger partial charge is 0.194 e. The Labute approximate surface area is 129 Å². The van der Waals surface area contributed by atoms with E-state index >= 15 is 0 Å². The van der Waals surface area contributed by atoms with Crippen molar-refractivity contribution in [2.24, 2.45) is 10.9 Å². The molecule has 1 aliphatic carbocycles. The van der Waals surface area contributed by atoms with Crippen LogP contribution >= 0.6 is 0 Å². The van der Waals surface area contributed by atoms with Gasteiger partial charge >= 0.3 is 0 Å². The van der Waals surface area contributed by atoms with Gasteiger partial charge in [-0.25, -0.2) is 0 Å². The van der Waals surface area contributed by atoms with Crippen LogP contribution in [0.25, 0.3) is 0 Å². The Kier molecular flexibility index (Phi) is 6.77. The zero-order valence-electron chi connectivity index (χ0n) is 13.8. The van der Waals surface area contributed by atoms with Crippen LogP contribution in [0.15, 0.2) is 4.99 Å². The molecule has 0 aromatic heterocycles. The molecule has 2 aliphatic rings. The molecule has 122 valence electrons. The highest BCUT2D eigenvalue weighted by Gasteiger charge is 2.34. The van der Waals surface area contributed by atoms with Gasteiger partial charge in [0.05, 0.1) is 6.10 Å². The van der Waals surface area contributed by atoms with Crippen molar-refractivity contribution in [1.82, 2.24) is 10.2 Å². The summed E-state index contributed by atoms with van der Waals surface area (Å²) in [6.07, 6.45) is 4.86. The SMILES string of the molecule is CCN=C(NC1CC1C)N1CCC(OCCCOC)CC1. The molecule has 0 amide bonds. The Bertz CT molecular complexity index is 327. The quantitative estimate of drug-likeness (QED) is 0.443. The molecule has 1 saturated carbocycles. The highest BCUT2D eigenvalue weighted by Crippen LogP contribution is 2.29. The van der Waals surface area contributed by atoms with E-state index in [-0.39, 0.29) is 0 Å². The predicted octanol–water partition coefficient (Wildman–Crippen LogP) is 1.88. The summed E-state index contributed by atoms with van der Waals surface area (Å²) in [5, 5.41) is 3.60. The molecule has 1 aliphatic heterocycles. The average molecular weight is 297 g/mol. The number of aliphatic imine (C=N–C) groups is 1. The first-order chi connectivity index (χ1) is 10.2. The number of guanidine groups is 1. The Morgan fingerprint density at radius 3 is 2.57 bits per heavy atom. The number of ether oxygens (including phenoxy) is 2. The van der Waals surface area contributed by atoms with E-state index in [1.807, 2.05) is 0 Å². The number of hydrogen-bond acceptors (Lipinski definition) is 3. The fourth-order valence-corrected chi connectivity index (χ4v) is 2.76. The summed E-state index contributed by atoms with van der Waals surface area (Å²) in [7, 11) is 1.74. The molecular weight excluding hydrogens is 266 g/mol. The van der Waals surface area contributed by atoms with E-state index in [1.54, 1.807) is 7.11 Å². The molecule has 2 rings (SSSR count). The molecule has 1 N–H and O–H groups in total. The van der Waals surface area contributed by atoms with E-state index in [0.29, 0.717) is 12.1 Å². The third kappa shape index (κ3) is 5.47. The van der Waals surface area contributed by atoms with E-state index in [0.717, 1.165) is 64.0 Å². The highest BCUT2D eigenvalue weighted by atomic mass is 16.5. The molecule has 0 aromatic rings. The molecule has 2 fully saturated rings. The standard InChI is InChI=1S/C16H31N3O2/c1-4-17-16(18-15-12-13(15)2)19-8-6-14(7-9-19)21-11-5-10-20-3/h13-15H,4-12H2,1-3H3,(H,17,18). The fraction of sp³-hybridized carbons (Fsp3) is 0.938. The fourth-order valence-electron chi connectivity index (χ4n) is 2.76. The molecule has 5 heteroatoms. The summed E-state index contributed by atoms with van der Waals surface area (Å²) in [5.74, 6) is 1.90. The van der Waals surface area contributed by atoms with Crippen molar-refractivity contribution in [3.63, 3.8) is 0 Å². The molecule has 1 heterocycles. The first-order valence-corrected chi connectivity index (χ1v) is 8.41. The number of rotatable bonds is 7. The van der Waals surface area contributed by atoms with Crippen molar-refractivity contribution in [3.8, 4) is 0 Å². The minimum absolute atomic E-state index is 0.404. The van der Waals surface area contributed by atoms with Crippen LogP contribution in [0, 0.1) is 5.92 Å². The van der Waals surface area contributed by atoms with Gasteiger partial charge in [0.15, 0.2) is 5.96 Å². The maximum Gasteiger partial charge on any atom is 0.194 e. The number of hydrogen-bond donors (Lipinski definition) is 1. The summed E-state index contributed by atoms with van der Waals surface area (Å²) in [6, 6.07) is 0.637. The summed E-state index contributed by atoms with van der Waals surface area (Å²) in [5.41, 5.74) is 0. The van der Waals surface area contributed by atoms with Crippen molar-refractivity contribution in [1.29, 1.82) is 0 Å². The first-order valence-electron chi connectivity index (χ1n) is 8.41. The lowest BCUT2D eigenvalue weighted by molar-refractivity contribution is 0.00988. The molecule has 1 saturated heterocycles.